The molecule has 0 aromatic heterocycles. The van der Waals surface area contributed by atoms with Crippen LogP contribution in [0.3, 0.4) is 0 Å². The molecule has 0 amide bonds. The fourth-order valence-corrected chi connectivity index (χ4v) is 1.46. The van der Waals surface area contributed by atoms with Crippen LogP contribution in [0.5, 0.6) is 0 Å². The van der Waals surface area contributed by atoms with Crippen LogP contribution in [0.15, 0.2) is 11.8 Å². The van der Waals surface area contributed by atoms with Crippen LogP contribution in [-0.2, 0) is 4.74 Å². The van der Waals surface area contributed by atoms with Crippen LogP contribution in [0.25, 0.3) is 0 Å². The Bertz CT molecular complexity index is 194. The van der Waals surface area contributed by atoms with Crippen molar-refractivity contribution in [2.45, 2.75) is 44.8 Å². The fourth-order valence-electron chi connectivity index (χ4n) is 1.46. The molecule has 1 aliphatic heterocycles. The SMILES string of the molecule is CC(C)(N)CC(O)C1=COCCC1. The normalized spacial score (nSPS) is 20.5. The number of hydrogen-bond donors (Lipinski definition) is 2. The van der Waals surface area contributed by atoms with Gasteiger partial charge in [-0.1, -0.05) is 0 Å². The van der Waals surface area contributed by atoms with Gasteiger partial charge in [0, 0.05) is 5.54 Å². The highest BCUT2D eigenvalue weighted by Gasteiger charge is 2.21. The Balaban J connectivity index is 2.47. The van der Waals surface area contributed by atoms with Gasteiger partial charge in [-0.3, -0.25) is 0 Å². The molecule has 3 nitrogen and oxygen atoms in total. The number of ether oxygens (including phenoxy) is 1. The highest BCUT2D eigenvalue weighted by Crippen LogP contribution is 2.21. The maximum atomic E-state index is 9.78. The second-order valence-electron chi connectivity index (χ2n) is 4.38. The van der Waals surface area contributed by atoms with Crippen LogP contribution in [0.2, 0.25) is 0 Å². The molecular weight excluding hydrogens is 166 g/mol. The van der Waals surface area contributed by atoms with Gasteiger partial charge in [-0.25, -0.2) is 0 Å². The first-order valence-corrected chi connectivity index (χ1v) is 4.76. The van der Waals surface area contributed by atoms with Gasteiger partial charge in [-0.15, -0.1) is 0 Å². The molecule has 1 atom stereocenters. The number of aliphatic hydroxyl groups excluding tert-OH is 1. The molecule has 0 aromatic carbocycles. The van der Waals surface area contributed by atoms with E-state index in [4.69, 9.17) is 10.5 Å². The van der Waals surface area contributed by atoms with E-state index in [0.29, 0.717) is 6.42 Å². The summed E-state index contributed by atoms with van der Waals surface area (Å²) < 4.78 is 5.15. The summed E-state index contributed by atoms with van der Waals surface area (Å²) in [4.78, 5) is 0. The predicted molar refractivity (Wildman–Crippen MR) is 52.2 cm³/mol. The third-order valence-electron chi connectivity index (χ3n) is 2.11. The van der Waals surface area contributed by atoms with E-state index in [9.17, 15) is 5.11 Å². The van der Waals surface area contributed by atoms with E-state index in [1.165, 1.54) is 0 Å². The lowest BCUT2D eigenvalue weighted by Crippen LogP contribution is -2.37. The molecule has 1 unspecified atom stereocenters. The number of hydrogen-bond acceptors (Lipinski definition) is 3. The maximum absolute atomic E-state index is 9.78. The smallest absolute Gasteiger partial charge is 0.0876 e. The summed E-state index contributed by atoms with van der Waals surface area (Å²) in [6.45, 7) is 4.60. The van der Waals surface area contributed by atoms with Gasteiger partial charge in [0.1, 0.15) is 0 Å². The topological polar surface area (TPSA) is 55.5 Å². The fraction of sp³-hybridized carbons (Fsp3) is 0.800. The van der Waals surface area contributed by atoms with Gasteiger partial charge < -0.3 is 15.6 Å². The molecule has 0 fully saturated rings. The summed E-state index contributed by atoms with van der Waals surface area (Å²) in [6, 6.07) is 0. The van der Waals surface area contributed by atoms with Crippen molar-refractivity contribution in [1.29, 1.82) is 0 Å². The summed E-state index contributed by atoms with van der Waals surface area (Å²) in [5.74, 6) is 0. The quantitative estimate of drug-likeness (QED) is 0.694. The third kappa shape index (κ3) is 3.79. The molecule has 3 N–H and O–H groups in total. The summed E-state index contributed by atoms with van der Waals surface area (Å²) in [7, 11) is 0. The number of rotatable bonds is 3. The molecule has 0 spiro atoms. The Morgan fingerprint density at radius 3 is 2.85 bits per heavy atom. The highest BCUT2D eigenvalue weighted by atomic mass is 16.5. The average molecular weight is 185 g/mol. The Kier molecular flexibility index (Phi) is 3.33. The summed E-state index contributed by atoms with van der Waals surface area (Å²) >= 11 is 0. The standard InChI is InChI=1S/C10H19NO2/c1-10(2,11)6-9(12)8-4-3-5-13-7-8/h7,9,12H,3-6,11H2,1-2H3. The lowest BCUT2D eigenvalue weighted by molar-refractivity contribution is 0.145. The van der Waals surface area contributed by atoms with Crippen molar-refractivity contribution in [2.24, 2.45) is 5.73 Å². The Morgan fingerprint density at radius 1 is 1.69 bits per heavy atom. The highest BCUT2D eigenvalue weighted by molar-refractivity contribution is 5.08. The molecular formula is C10H19NO2. The van der Waals surface area contributed by atoms with E-state index in [1.54, 1.807) is 6.26 Å². The van der Waals surface area contributed by atoms with Crippen LogP contribution in [-0.4, -0.2) is 23.4 Å². The van der Waals surface area contributed by atoms with Gasteiger partial charge in [0.25, 0.3) is 0 Å². The Labute approximate surface area is 79.6 Å². The molecule has 0 bridgehead atoms. The summed E-state index contributed by atoms with van der Waals surface area (Å²) in [6.07, 6.45) is 3.74. The van der Waals surface area contributed by atoms with E-state index in [1.807, 2.05) is 13.8 Å². The molecule has 1 rings (SSSR count). The Morgan fingerprint density at radius 2 is 2.38 bits per heavy atom. The molecule has 3 heteroatoms. The monoisotopic (exact) mass is 185 g/mol. The predicted octanol–water partition coefficient (Wildman–Crippen LogP) is 1.17. The van der Waals surface area contributed by atoms with Crippen molar-refractivity contribution in [1.82, 2.24) is 0 Å². The minimum atomic E-state index is -0.444. The first-order valence-electron chi connectivity index (χ1n) is 4.76. The Hall–Kier alpha value is -0.540. The van der Waals surface area contributed by atoms with Crippen molar-refractivity contribution in [3.05, 3.63) is 11.8 Å². The van der Waals surface area contributed by atoms with Gasteiger partial charge in [-0.05, 0) is 38.7 Å². The van der Waals surface area contributed by atoms with Crippen LogP contribution >= 0.6 is 0 Å². The molecule has 0 radical (unpaired) electrons. The van der Waals surface area contributed by atoms with Gasteiger partial charge in [0.15, 0.2) is 0 Å². The largest absolute Gasteiger partial charge is 0.501 e. The van der Waals surface area contributed by atoms with Crippen LogP contribution in [0, 0.1) is 0 Å². The van der Waals surface area contributed by atoms with E-state index < -0.39 is 6.10 Å². The zero-order valence-electron chi connectivity index (χ0n) is 8.42. The maximum Gasteiger partial charge on any atom is 0.0876 e. The van der Waals surface area contributed by atoms with Crippen LogP contribution in [0.4, 0.5) is 0 Å². The minimum absolute atomic E-state index is 0.322. The second-order valence-corrected chi connectivity index (χ2v) is 4.38. The first-order chi connectivity index (χ1) is 5.99. The van der Waals surface area contributed by atoms with Crippen molar-refractivity contribution in [3.8, 4) is 0 Å². The van der Waals surface area contributed by atoms with E-state index in [2.05, 4.69) is 0 Å². The number of aliphatic hydroxyl groups is 1. The van der Waals surface area contributed by atoms with Crippen molar-refractivity contribution in [3.63, 3.8) is 0 Å². The first kappa shape index (κ1) is 10.5. The molecule has 0 saturated heterocycles. The molecule has 76 valence electrons. The van der Waals surface area contributed by atoms with Crippen molar-refractivity contribution >= 4 is 0 Å². The minimum Gasteiger partial charge on any atom is -0.501 e. The van der Waals surface area contributed by atoms with Gasteiger partial charge in [0.05, 0.1) is 19.0 Å². The zero-order chi connectivity index (χ0) is 9.90. The molecule has 0 aromatic rings. The molecule has 1 aliphatic rings. The van der Waals surface area contributed by atoms with Crippen LogP contribution < -0.4 is 5.73 Å². The lowest BCUT2D eigenvalue weighted by Gasteiger charge is -2.25. The lowest BCUT2D eigenvalue weighted by atomic mass is 9.92. The molecule has 13 heavy (non-hydrogen) atoms. The third-order valence-corrected chi connectivity index (χ3v) is 2.11. The van der Waals surface area contributed by atoms with E-state index in [-0.39, 0.29) is 5.54 Å². The van der Waals surface area contributed by atoms with Crippen molar-refractivity contribution < 1.29 is 9.84 Å². The summed E-state index contributed by atoms with van der Waals surface area (Å²) in [5, 5.41) is 9.78. The average Bonchev–Trinajstić information content (AvgIpc) is 2.03. The second kappa shape index (κ2) is 4.11. The van der Waals surface area contributed by atoms with Crippen LogP contribution in [0.1, 0.15) is 33.1 Å². The molecule has 0 saturated carbocycles. The van der Waals surface area contributed by atoms with Gasteiger partial charge in [0.2, 0.25) is 0 Å². The zero-order valence-corrected chi connectivity index (χ0v) is 8.42. The van der Waals surface area contributed by atoms with E-state index >= 15 is 0 Å². The summed E-state index contributed by atoms with van der Waals surface area (Å²) in [5.41, 5.74) is 6.47. The van der Waals surface area contributed by atoms with E-state index in [0.717, 1.165) is 25.0 Å². The molecule has 0 aliphatic carbocycles. The van der Waals surface area contributed by atoms with Crippen molar-refractivity contribution in [2.75, 3.05) is 6.61 Å². The molecule has 1 heterocycles. The van der Waals surface area contributed by atoms with Gasteiger partial charge >= 0.3 is 0 Å². The van der Waals surface area contributed by atoms with Gasteiger partial charge in [-0.2, -0.15) is 0 Å². The number of nitrogens with two attached hydrogens (primary N) is 1.